The number of carbonyl (C=O) groups is 1. The Kier molecular flexibility index (Phi) is 4.87. The molecule has 124 valence electrons. The van der Waals surface area contributed by atoms with Gasteiger partial charge in [-0.05, 0) is 38.0 Å². The molecule has 2 N–H and O–H groups in total. The molecule has 2 aromatic rings. The number of benzene rings is 1. The number of carbonyl (C=O) groups excluding carboxylic acids is 1. The topological polar surface area (TPSA) is 63.2 Å². The van der Waals surface area contributed by atoms with Gasteiger partial charge in [0.05, 0.1) is 27.9 Å². The maximum atomic E-state index is 12.4. The average Bonchev–Trinajstić information content (AvgIpc) is 3.27. The number of aromatic nitrogens is 1. The zero-order valence-corrected chi connectivity index (χ0v) is 14.5. The molecule has 1 saturated carbocycles. The molecular formula is C16H20ClN3O2S. The second-order valence-corrected chi connectivity index (χ2v) is 7.07. The smallest absolute Gasteiger partial charge is 0.244 e. The lowest BCUT2D eigenvalue weighted by Gasteiger charge is -2.29. The number of halogens is 1. The number of rotatable bonds is 3. The molecule has 1 saturated heterocycles. The molecule has 1 aliphatic heterocycles. The van der Waals surface area contributed by atoms with Gasteiger partial charge in [0.15, 0.2) is 0 Å². The summed E-state index contributed by atoms with van der Waals surface area (Å²) in [4.78, 5) is 17.0. The molecule has 4 rings (SSSR count). The van der Waals surface area contributed by atoms with Gasteiger partial charge in [0.1, 0.15) is 6.04 Å². The monoisotopic (exact) mass is 353 g/mol. The fourth-order valence-electron chi connectivity index (χ4n) is 2.77. The summed E-state index contributed by atoms with van der Waals surface area (Å²) in [6, 6.07) is 5.63. The molecule has 1 aromatic carbocycles. The standard InChI is InChI=1S/C16H19N3O2S.ClH/c1-9-14(17-6-7-21-9)15(20)18-11-4-5-12-13(8-11)22-16(19-12)10-2-3-10;/h4-5,8-10,14,17H,2-3,6-7H2,1H3,(H,18,20);1H/t9-,14+;/m1./s1. The maximum absolute atomic E-state index is 12.4. The largest absolute Gasteiger partial charge is 0.375 e. The number of hydrogen-bond donors (Lipinski definition) is 2. The van der Waals surface area contributed by atoms with Gasteiger partial charge in [-0.25, -0.2) is 4.98 Å². The summed E-state index contributed by atoms with van der Waals surface area (Å²) in [5.41, 5.74) is 1.85. The second-order valence-electron chi connectivity index (χ2n) is 6.01. The maximum Gasteiger partial charge on any atom is 0.244 e. The molecule has 0 spiro atoms. The van der Waals surface area contributed by atoms with Crippen LogP contribution in [0.5, 0.6) is 0 Å². The van der Waals surface area contributed by atoms with Crippen molar-refractivity contribution in [3.8, 4) is 0 Å². The van der Waals surface area contributed by atoms with Crippen LogP contribution in [0.15, 0.2) is 18.2 Å². The van der Waals surface area contributed by atoms with E-state index in [1.165, 1.54) is 17.8 Å². The molecule has 2 aliphatic rings. The lowest BCUT2D eigenvalue weighted by atomic mass is 10.1. The van der Waals surface area contributed by atoms with Gasteiger partial charge >= 0.3 is 0 Å². The molecule has 5 nitrogen and oxygen atoms in total. The highest BCUT2D eigenvalue weighted by Gasteiger charge is 2.29. The highest BCUT2D eigenvalue weighted by molar-refractivity contribution is 7.18. The minimum atomic E-state index is -0.298. The Hall–Kier alpha value is -1.21. The number of morpholine rings is 1. The summed E-state index contributed by atoms with van der Waals surface area (Å²) in [6.07, 6.45) is 2.41. The van der Waals surface area contributed by atoms with Gasteiger partial charge in [0.25, 0.3) is 0 Å². The van der Waals surface area contributed by atoms with E-state index >= 15 is 0 Å². The first-order valence-electron chi connectivity index (χ1n) is 7.77. The van der Waals surface area contributed by atoms with E-state index in [-0.39, 0.29) is 30.5 Å². The molecular weight excluding hydrogens is 334 g/mol. The van der Waals surface area contributed by atoms with Gasteiger partial charge in [0, 0.05) is 18.2 Å². The summed E-state index contributed by atoms with van der Waals surface area (Å²) in [7, 11) is 0. The van der Waals surface area contributed by atoms with Gasteiger partial charge in [-0.3, -0.25) is 4.79 Å². The van der Waals surface area contributed by atoms with Crippen LogP contribution in [0.3, 0.4) is 0 Å². The number of nitrogens with one attached hydrogen (secondary N) is 2. The molecule has 1 amide bonds. The van der Waals surface area contributed by atoms with Crippen molar-refractivity contribution in [1.82, 2.24) is 10.3 Å². The van der Waals surface area contributed by atoms with E-state index in [4.69, 9.17) is 4.74 Å². The van der Waals surface area contributed by atoms with E-state index in [1.807, 2.05) is 25.1 Å². The van der Waals surface area contributed by atoms with Crippen molar-refractivity contribution in [3.63, 3.8) is 0 Å². The quantitative estimate of drug-likeness (QED) is 0.890. The molecule has 0 unspecified atom stereocenters. The van der Waals surface area contributed by atoms with Gasteiger partial charge in [0.2, 0.25) is 5.91 Å². The summed E-state index contributed by atoms with van der Waals surface area (Å²) in [5.74, 6) is 0.623. The van der Waals surface area contributed by atoms with Crippen LogP contribution >= 0.6 is 23.7 Å². The first-order valence-corrected chi connectivity index (χ1v) is 8.59. The zero-order chi connectivity index (χ0) is 15.1. The third-order valence-corrected chi connectivity index (χ3v) is 5.38. The molecule has 2 fully saturated rings. The van der Waals surface area contributed by atoms with Crippen molar-refractivity contribution in [2.24, 2.45) is 0 Å². The van der Waals surface area contributed by atoms with E-state index in [1.54, 1.807) is 11.3 Å². The van der Waals surface area contributed by atoms with E-state index in [0.29, 0.717) is 19.1 Å². The fourth-order valence-corrected chi connectivity index (χ4v) is 3.95. The summed E-state index contributed by atoms with van der Waals surface area (Å²) in [6.45, 7) is 3.29. The van der Waals surface area contributed by atoms with Crippen LogP contribution in [0.1, 0.15) is 30.7 Å². The van der Waals surface area contributed by atoms with Gasteiger partial charge in [-0.15, -0.1) is 23.7 Å². The Morgan fingerprint density at radius 2 is 2.26 bits per heavy atom. The van der Waals surface area contributed by atoms with Gasteiger partial charge < -0.3 is 15.4 Å². The van der Waals surface area contributed by atoms with E-state index in [0.717, 1.165) is 15.9 Å². The fraction of sp³-hybridized carbons (Fsp3) is 0.500. The van der Waals surface area contributed by atoms with Gasteiger partial charge in [-0.2, -0.15) is 0 Å². The SMILES string of the molecule is C[C@H]1OCCN[C@@H]1C(=O)Nc1ccc2nc(C3CC3)sc2c1.Cl. The summed E-state index contributed by atoms with van der Waals surface area (Å²) < 4.78 is 6.66. The van der Waals surface area contributed by atoms with Crippen molar-refractivity contribution in [3.05, 3.63) is 23.2 Å². The van der Waals surface area contributed by atoms with Crippen LogP contribution in [0.4, 0.5) is 5.69 Å². The van der Waals surface area contributed by atoms with E-state index in [2.05, 4.69) is 15.6 Å². The first-order chi connectivity index (χ1) is 10.7. The normalized spacial score (nSPS) is 24.2. The van der Waals surface area contributed by atoms with Crippen molar-refractivity contribution in [1.29, 1.82) is 0 Å². The Morgan fingerprint density at radius 3 is 3.00 bits per heavy atom. The van der Waals surface area contributed by atoms with Crippen LogP contribution in [0.25, 0.3) is 10.2 Å². The minimum absolute atomic E-state index is 0. The Bertz CT molecular complexity index is 716. The molecule has 1 aromatic heterocycles. The summed E-state index contributed by atoms with van der Waals surface area (Å²) >= 11 is 1.74. The number of nitrogens with zero attached hydrogens (tertiary/aromatic N) is 1. The van der Waals surface area contributed by atoms with Crippen LogP contribution in [-0.2, 0) is 9.53 Å². The van der Waals surface area contributed by atoms with Crippen molar-refractivity contribution >= 4 is 45.6 Å². The minimum Gasteiger partial charge on any atom is -0.375 e. The van der Waals surface area contributed by atoms with Crippen molar-refractivity contribution in [2.75, 3.05) is 18.5 Å². The highest BCUT2D eigenvalue weighted by atomic mass is 35.5. The first kappa shape index (κ1) is 16.6. The molecule has 23 heavy (non-hydrogen) atoms. The third kappa shape index (κ3) is 3.50. The lowest BCUT2D eigenvalue weighted by molar-refractivity contribution is -0.123. The Labute approximate surface area is 145 Å². The molecule has 0 radical (unpaired) electrons. The Morgan fingerprint density at radius 1 is 1.43 bits per heavy atom. The van der Waals surface area contributed by atoms with E-state index in [9.17, 15) is 4.79 Å². The summed E-state index contributed by atoms with van der Waals surface area (Å²) in [5, 5.41) is 7.42. The van der Waals surface area contributed by atoms with Crippen molar-refractivity contribution < 1.29 is 9.53 Å². The predicted octanol–water partition coefficient (Wildman–Crippen LogP) is 2.91. The number of hydrogen-bond acceptors (Lipinski definition) is 5. The predicted molar refractivity (Wildman–Crippen MR) is 94.7 cm³/mol. The van der Waals surface area contributed by atoms with Crippen LogP contribution in [-0.4, -0.2) is 36.2 Å². The Balaban J connectivity index is 0.00000156. The lowest BCUT2D eigenvalue weighted by Crippen LogP contribution is -2.53. The molecule has 2 atom stereocenters. The third-order valence-electron chi connectivity index (χ3n) is 4.20. The molecule has 0 bridgehead atoms. The average molecular weight is 354 g/mol. The number of ether oxygens (including phenoxy) is 1. The zero-order valence-electron chi connectivity index (χ0n) is 12.9. The molecule has 1 aliphatic carbocycles. The molecule has 7 heteroatoms. The van der Waals surface area contributed by atoms with Crippen molar-refractivity contribution in [2.45, 2.75) is 37.8 Å². The number of fused-ring (bicyclic) bond motifs is 1. The second kappa shape index (κ2) is 6.73. The van der Waals surface area contributed by atoms with Crippen LogP contribution in [0, 0.1) is 0 Å². The molecule has 2 heterocycles. The van der Waals surface area contributed by atoms with E-state index < -0.39 is 0 Å². The van der Waals surface area contributed by atoms with Crippen LogP contribution in [0.2, 0.25) is 0 Å². The van der Waals surface area contributed by atoms with Crippen LogP contribution < -0.4 is 10.6 Å². The number of amides is 1. The highest BCUT2D eigenvalue weighted by Crippen LogP contribution is 2.43. The number of thiazole rings is 1. The number of anilines is 1. The van der Waals surface area contributed by atoms with Gasteiger partial charge in [-0.1, -0.05) is 0 Å².